The van der Waals surface area contributed by atoms with Crippen molar-refractivity contribution in [3.8, 4) is 6.07 Å². The molecule has 4 rings (SSSR count). The van der Waals surface area contributed by atoms with Crippen molar-refractivity contribution in [2.75, 3.05) is 11.4 Å². The zero-order valence-corrected chi connectivity index (χ0v) is 18.3. The van der Waals surface area contributed by atoms with E-state index in [0.717, 1.165) is 6.07 Å². The van der Waals surface area contributed by atoms with Gasteiger partial charge in [-0.2, -0.15) is 5.26 Å². The van der Waals surface area contributed by atoms with E-state index in [2.05, 4.69) is 10.6 Å². The minimum Gasteiger partial charge on any atom is -0.451 e. The monoisotopic (exact) mass is 458 g/mol. The maximum Gasteiger partial charge on any atom is 0.287 e. The van der Waals surface area contributed by atoms with Gasteiger partial charge in [0.2, 0.25) is 11.8 Å². The second kappa shape index (κ2) is 8.14. The molecule has 2 fully saturated rings. The SMILES string of the molecule is CC(C)(F)CC(NC(=O)c1cc2cc(N3CCCC3=O)c(F)cc2o1)C(=O)NC1(C#N)CC1. The molecule has 0 bridgehead atoms. The number of hydrogen-bond donors (Lipinski definition) is 2. The molecule has 1 saturated carbocycles. The molecule has 1 aliphatic heterocycles. The van der Waals surface area contributed by atoms with Gasteiger partial charge in [0.1, 0.15) is 22.8 Å². The Morgan fingerprint density at radius 1 is 1.33 bits per heavy atom. The Kier molecular flexibility index (Phi) is 5.60. The average molecular weight is 458 g/mol. The minimum atomic E-state index is -1.77. The number of amides is 3. The molecule has 33 heavy (non-hydrogen) atoms. The van der Waals surface area contributed by atoms with Crippen molar-refractivity contribution in [1.82, 2.24) is 10.6 Å². The van der Waals surface area contributed by atoms with E-state index in [0.29, 0.717) is 37.6 Å². The van der Waals surface area contributed by atoms with Crippen molar-refractivity contribution < 1.29 is 27.6 Å². The molecule has 3 amide bonds. The molecule has 0 spiro atoms. The summed E-state index contributed by atoms with van der Waals surface area (Å²) in [6, 6.07) is 4.69. The molecule has 2 heterocycles. The number of fused-ring (bicyclic) bond motifs is 1. The summed E-state index contributed by atoms with van der Waals surface area (Å²) in [7, 11) is 0. The molecular weight excluding hydrogens is 434 g/mol. The number of anilines is 1. The maximum absolute atomic E-state index is 14.6. The molecule has 2 aromatic rings. The zero-order valence-electron chi connectivity index (χ0n) is 18.3. The molecule has 1 saturated heterocycles. The van der Waals surface area contributed by atoms with Crippen molar-refractivity contribution in [3.05, 3.63) is 29.8 Å². The van der Waals surface area contributed by atoms with Crippen LogP contribution in [-0.4, -0.2) is 41.5 Å². The molecule has 1 aliphatic carbocycles. The van der Waals surface area contributed by atoms with Crippen molar-refractivity contribution in [3.63, 3.8) is 0 Å². The fraction of sp³-hybridized carbons (Fsp3) is 0.478. The zero-order chi connectivity index (χ0) is 24.0. The highest BCUT2D eigenvalue weighted by Crippen LogP contribution is 2.35. The predicted molar refractivity (Wildman–Crippen MR) is 115 cm³/mol. The molecule has 0 radical (unpaired) electrons. The summed E-state index contributed by atoms with van der Waals surface area (Å²) in [5, 5.41) is 14.6. The number of halogens is 2. The van der Waals surface area contributed by atoms with E-state index in [9.17, 15) is 28.4 Å². The average Bonchev–Trinajstić information content (AvgIpc) is 3.17. The van der Waals surface area contributed by atoms with E-state index in [-0.39, 0.29) is 29.4 Å². The largest absolute Gasteiger partial charge is 0.451 e. The third-order valence-corrected chi connectivity index (χ3v) is 5.81. The summed E-state index contributed by atoms with van der Waals surface area (Å²) in [6.45, 7) is 2.97. The Morgan fingerprint density at radius 2 is 2.06 bits per heavy atom. The number of rotatable bonds is 7. The summed E-state index contributed by atoms with van der Waals surface area (Å²) in [6.07, 6.45) is 1.65. The first-order chi connectivity index (χ1) is 15.5. The minimum absolute atomic E-state index is 0.0984. The highest BCUT2D eigenvalue weighted by Gasteiger charge is 2.46. The van der Waals surface area contributed by atoms with E-state index in [1.165, 1.54) is 30.9 Å². The van der Waals surface area contributed by atoms with Crippen LogP contribution in [0, 0.1) is 17.1 Å². The molecule has 1 aromatic heterocycles. The Hall–Kier alpha value is -3.48. The topological polar surface area (TPSA) is 115 Å². The molecular formula is C23H24F2N4O4. The first kappa shape index (κ1) is 22.7. The van der Waals surface area contributed by atoms with Crippen LogP contribution in [0.1, 0.15) is 56.5 Å². The molecule has 2 aliphatic rings. The van der Waals surface area contributed by atoms with E-state index >= 15 is 0 Å². The second-order valence-electron chi connectivity index (χ2n) is 9.23. The normalized spacial score (nSPS) is 18.2. The van der Waals surface area contributed by atoms with Gasteiger partial charge in [-0.15, -0.1) is 0 Å². The number of benzene rings is 1. The van der Waals surface area contributed by atoms with Gasteiger partial charge >= 0.3 is 0 Å². The van der Waals surface area contributed by atoms with Gasteiger partial charge in [0, 0.05) is 30.8 Å². The van der Waals surface area contributed by atoms with Crippen molar-refractivity contribution >= 4 is 34.4 Å². The van der Waals surface area contributed by atoms with Crippen molar-refractivity contribution in [1.29, 1.82) is 5.26 Å². The van der Waals surface area contributed by atoms with E-state index in [1.807, 2.05) is 6.07 Å². The van der Waals surface area contributed by atoms with Crippen molar-refractivity contribution in [2.45, 2.75) is 63.2 Å². The molecule has 1 aromatic carbocycles. The summed E-state index contributed by atoms with van der Waals surface area (Å²) in [5.41, 5.74) is -2.53. The third-order valence-electron chi connectivity index (χ3n) is 5.81. The molecule has 174 valence electrons. The first-order valence-electron chi connectivity index (χ1n) is 10.8. The number of carbonyl (C=O) groups excluding carboxylic acids is 3. The van der Waals surface area contributed by atoms with Gasteiger partial charge in [-0.05, 0) is 45.2 Å². The van der Waals surface area contributed by atoms with Crippen LogP contribution in [0.25, 0.3) is 11.0 Å². The van der Waals surface area contributed by atoms with Gasteiger partial charge in [-0.25, -0.2) is 8.78 Å². The fourth-order valence-corrected chi connectivity index (χ4v) is 3.91. The van der Waals surface area contributed by atoms with Crippen LogP contribution < -0.4 is 15.5 Å². The highest BCUT2D eigenvalue weighted by atomic mass is 19.1. The van der Waals surface area contributed by atoms with Gasteiger partial charge < -0.3 is 20.0 Å². The quantitative estimate of drug-likeness (QED) is 0.662. The lowest BCUT2D eigenvalue weighted by Crippen LogP contribution is -2.52. The van der Waals surface area contributed by atoms with Crippen LogP contribution in [-0.2, 0) is 9.59 Å². The van der Waals surface area contributed by atoms with Crippen LogP contribution in [0.2, 0.25) is 0 Å². The number of furan rings is 1. The molecule has 8 nitrogen and oxygen atoms in total. The van der Waals surface area contributed by atoms with Crippen LogP contribution >= 0.6 is 0 Å². The summed E-state index contributed by atoms with van der Waals surface area (Å²) in [4.78, 5) is 38.8. The fourth-order valence-electron chi connectivity index (χ4n) is 3.91. The second-order valence-corrected chi connectivity index (χ2v) is 9.23. The molecule has 10 heteroatoms. The lowest BCUT2D eigenvalue weighted by atomic mass is 9.99. The van der Waals surface area contributed by atoms with Crippen LogP contribution in [0.5, 0.6) is 0 Å². The van der Waals surface area contributed by atoms with Crippen LogP contribution in [0.4, 0.5) is 14.5 Å². The lowest BCUT2D eigenvalue weighted by molar-refractivity contribution is -0.124. The molecule has 2 N–H and O–H groups in total. The van der Waals surface area contributed by atoms with Gasteiger partial charge in [0.25, 0.3) is 5.91 Å². The number of nitriles is 1. The number of hydrogen-bond acceptors (Lipinski definition) is 5. The number of nitrogens with zero attached hydrogens (tertiary/aromatic N) is 2. The maximum atomic E-state index is 14.6. The van der Waals surface area contributed by atoms with Crippen LogP contribution in [0.3, 0.4) is 0 Å². The van der Waals surface area contributed by atoms with E-state index < -0.39 is 34.9 Å². The smallest absolute Gasteiger partial charge is 0.287 e. The van der Waals surface area contributed by atoms with Crippen molar-refractivity contribution in [2.24, 2.45) is 0 Å². The van der Waals surface area contributed by atoms with Gasteiger partial charge in [0.05, 0.1) is 11.8 Å². The summed E-state index contributed by atoms with van der Waals surface area (Å²) in [5.74, 6) is -2.46. The Bertz CT molecular complexity index is 1170. The number of alkyl halides is 1. The summed E-state index contributed by atoms with van der Waals surface area (Å²) < 4.78 is 34.4. The van der Waals surface area contributed by atoms with E-state index in [1.54, 1.807) is 0 Å². The van der Waals surface area contributed by atoms with Crippen LogP contribution in [0.15, 0.2) is 22.6 Å². The third kappa shape index (κ3) is 4.82. The summed E-state index contributed by atoms with van der Waals surface area (Å²) >= 11 is 0. The molecule has 1 unspecified atom stereocenters. The standard InChI is InChI=1S/C23H24F2N4O4/c1-22(2,25)11-15(20(31)28-23(12-26)5-6-23)27-21(32)18-9-13-8-16(14(24)10-17(13)33-18)29-7-3-4-19(29)30/h8-10,15H,3-7,11H2,1-2H3,(H,27,32)(H,28,31). The Labute approximate surface area is 188 Å². The van der Waals surface area contributed by atoms with Gasteiger partial charge in [-0.3, -0.25) is 14.4 Å². The Morgan fingerprint density at radius 3 is 2.64 bits per heavy atom. The lowest BCUT2D eigenvalue weighted by Gasteiger charge is -2.24. The Balaban J connectivity index is 1.56. The number of carbonyl (C=O) groups is 3. The molecule has 1 atom stereocenters. The first-order valence-corrected chi connectivity index (χ1v) is 10.8. The number of nitrogens with one attached hydrogen (secondary N) is 2. The highest BCUT2D eigenvalue weighted by molar-refractivity contribution is 6.01. The van der Waals surface area contributed by atoms with Gasteiger partial charge in [0.15, 0.2) is 11.6 Å². The van der Waals surface area contributed by atoms with Gasteiger partial charge in [-0.1, -0.05) is 0 Å². The predicted octanol–water partition coefficient (Wildman–Crippen LogP) is 3.11. The van der Waals surface area contributed by atoms with E-state index in [4.69, 9.17) is 4.42 Å².